The van der Waals surface area contributed by atoms with Crippen LogP contribution in [0.1, 0.15) is 32.0 Å². The molecule has 0 unspecified atom stereocenters. The lowest BCUT2D eigenvalue weighted by Gasteiger charge is -2.18. The summed E-state index contributed by atoms with van der Waals surface area (Å²) in [5, 5.41) is 9.61. The third-order valence-electron chi connectivity index (χ3n) is 3.87. The number of nitrogens with zero attached hydrogens (tertiary/aromatic N) is 2. The average molecular weight is 310 g/mol. The molecule has 0 amide bonds. The van der Waals surface area contributed by atoms with Crippen molar-refractivity contribution in [1.82, 2.24) is 14.8 Å². The van der Waals surface area contributed by atoms with Gasteiger partial charge < -0.3 is 10.3 Å². The van der Waals surface area contributed by atoms with E-state index in [9.17, 15) is 4.79 Å². The van der Waals surface area contributed by atoms with Crippen LogP contribution in [0, 0.1) is 0 Å². The molecule has 5 nitrogen and oxygen atoms in total. The molecule has 23 heavy (non-hydrogen) atoms. The maximum absolute atomic E-state index is 11.9. The molecule has 0 saturated carbocycles. The van der Waals surface area contributed by atoms with Crippen LogP contribution in [0.25, 0.3) is 10.8 Å². The van der Waals surface area contributed by atoms with Gasteiger partial charge in [0, 0.05) is 48.0 Å². The Morgan fingerprint density at radius 1 is 1.26 bits per heavy atom. The van der Waals surface area contributed by atoms with E-state index < -0.39 is 0 Å². The molecule has 0 bridgehead atoms. The van der Waals surface area contributed by atoms with Gasteiger partial charge in [0.1, 0.15) is 0 Å². The molecular formula is C18H22N4O. The number of aryl methyl sites for hydroxylation is 1. The molecule has 120 valence electrons. The number of aromatic nitrogens is 3. The number of fused-ring (bicyclic) bond motifs is 1. The molecule has 3 rings (SSSR count). The minimum Gasteiger partial charge on any atom is -0.381 e. The first kappa shape index (κ1) is 15.3. The van der Waals surface area contributed by atoms with Crippen molar-refractivity contribution in [3.05, 3.63) is 58.3 Å². The summed E-state index contributed by atoms with van der Waals surface area (Å²) in [4.78, 5) is 14.6. The molecule has 1 aromatic carbocycles. The smallest absolute Gasteiger partial charge is 0.255 e. The van der Waals surface area contributed by atoms with Crippen LogP contribution >= 0.6 is 0 Å². The second-order valence-electron chi connectivity index (χ2n) is 6.89. The molecule has 2 heterocycles. The van der Waals surface area contributed by atoms with Crippen LogP contribution in [0.15, 0.2) is 41.5 Å². The SMILES string of the molecule is Cn1cc(CNc2ccc3cc[nH]c(=O)c3c2)c(C(C)(C)C)n1. The molecule has 5 heteroatoms. The third-order valence-corrected chi connectivity index (χ3v) is 3.87. The lowest BCUT2D eigenvalue weighted by molar-refractivity contribution is 0.549. The topological polar surface area (TPSA) is 62.7 Å². The zero-order valence-corrected chi connectivity index (χ0v) is 14.0. The summed E-state index contributed by atoms with van der Waals surface area (Å²) < 4.78 is 1.85. The van der Waals surface area contributed by atoms with Crippen molar-refractivity contribution in [2.45, 2.75) is 32.7 Å². The first-order valence-electron chi connectivity index (χ1n) is 7.73. The van der Waals surface area contributed by atoms with Gasteiger partial charge in [-0.05, 0) is 23.6 Å². The average Bonchev–Trinajstić information content (AvgIpc) is 2.87. The molecular weight excluding hydrogens is 288 g/mol. The van der Waals surface area contributed by atoms with Crippen LogP contribution in [-0.2, 0) is 19.0 Å². The summed E-state index contributed by atoms with van der Waals surface area (Å²) in [5.74, 6) is 0. The van der Waals surface area contributed by atoms with E-state index in [-0.39, 0.29) is 11.0 Å². The summed E-state index contributed by atoms with van der Waals surface area (Å²) in [5.41, 5.74) is 3.12. The van der Waals surface area contributed by atoms with E-state index >= 15 is 0 Å². The van der Waals surface area contributed by atoms with E-state index in [1.807, 2.05) is 42.2 Å². The number of pyridine rings is 1. The fourth-order valence-corrected chi connectivity index (χ4v) is 2.79. The first-order chi connectivity index (χ1) is 10.8. The molecule has 0 spiro atoms. The molecule has 0 aliphatic heterocycles. The van der Waals surface area contributed by atoms with Gasteiger partial charge >= 0.3 is 0 Å². The van der Waals surface area contributed by atoms with Crippen molar-refractivity contribution in [3.8, 4) is 0 Å². The monoisotopic (exact) mass is 310 g/mol. The highest BCUT2D eigenvalue weighted by Gasteiger charge is 2.21. The number of aromatic amines is 1. The summed E-state index contributed by atoms with van der Waals surface area (Å²) in [6, 6.07) is 7.75. The Kier molecular flexibility index (Phi) is 3.72. The van der Waals surface area contributed by atoms with Crippen molar-refractivity contribution in [1.29, 1.82) is 0 Å². The van der Waals surface area contributed by atoms with Crippen LogP contribution in [0.5, 0.6) is 0 Å². The van der Waals surface area contributed by atoms with Gasteiger partial charge in [0.2, 0.25) is 0 Å². The Bertz CT molecular complexity index is 899. The number of nitrogens with one attached hydrogen (secondary N) is 2. The Morgan fingerprint density at radius 2 is 2.04 bits per heavy atom. The van der Waals surface area contributed by atoms with Crippen molar-refractivity contribution >= 4 is 16.5 Å². The number of benzene rings is 1. The molecule has 0 atom stereocenters. The van der Waals surface area contributed by atoms with Gasteiger partial charge in [-0.2, -0.15) is 5.10 Å². The highest BCUT2D eigenvalue weighted by atomic mass is 16.1. The fraction of sp³-hybridized carbons (Fsp3) is 0.333. The summed E-state index contributed by atoms with van der Waals surface area (Å²) >= 11 is 0. The van der Waals surface area contributed by atoms with Crippen molar-refractivity contribution < 1.29 is 0 Å². The second-order valence-corrected chi connectivity index (χ2v) is 6.89. The number of hydrogen-bond donors (Lipinski definition) is 2. The van der Waals surface area contributed by atoms with E-state index in [2.05, 4.69) is 36.2 Å². The summed E-state index contributed by atoms with van der Waals surface area (Å²) in [6.45, 7) is 7.16. The highest BCUT2D eigenvalue weighted by molar-refractivity contribution is 5.84. The van der Waals surface area contributed by atoms with Crippen molar-refractivity contribution in [3.63, 3.8) is 0 Å². The van der Waals surface area contributed by atoms with E-state index in [1.54, 1.807) is 6.20 Å². The molecule has 0 fully saturated rings. The van der Waals surface area contributed by atoms with Gasteiger partial charge in [-0.15, -0.1) is 0 Å². The molecule has 0 aliphatic rings. The van der Waals surface area contributed by atoms with Gasteiger partial charge in [0.25, 0.3) is 5.56 Å². The van der Waals surface area contributed by atoms with E-state index in [1.165, 1.54) is 5.56 Å². The summed E-state index contributed by atoms with van der Waals surface area (Å²) in [7, 11) is 1.94. The van der Waals surface area contributed by atoms with E-state index in [0.29, 0.717) is 11.9 Å². The minimum atomic E-state index is -0.0668. The van der Waals surface area contributed by atoms with Crippen molar-refractivity contribution in [2.24, 2.45) is 7.05 Å². The quantitative estimate of drug-likeness (QED) is 0.781. The van der Waals surface area contributed by atoms with Crippen molar-refractivity contribution in [2.75, 3.05) is 5.32 Å². The Hall–Kier alpha value is -2.56. The van der Waals surface area contributed by atoms with Gasteiger partial charge in [-0.3, -0.25) is 9.48 Å². The largest absolute Gasteiger partial charge is 0.381 e. The number of H-pyrrole nitrogens is 1. The van der Waals surface area contributed by atoms with Crippen LogP contribution in [0.4, 0.5) is 5.69 Å². The molecule has 0 radical (unpaired) electrons. The maximum atomic E-state index is 11.9. The third kappa shape index (κ3) is 3.13. The highest BCUT2D eigenvalue weighted by Crippen LogP contribution is 2.25. The molecule has 2 aromatic heterocycles. The Morgan fingerprint density at radius 3 is 2.78 bits per heavy atom. The van der Waals surface area contributed by atoms with Gasteiger partial charge in [0.05, 0.1) is 5.69 Å². The number of hydrogen-bond acceptors (Lipinski definition) is 3. The lowest BCUT2D eigenvalue weighted by Crippen LogP contribution is -2.16. The normalized spacial score (nSPS) is 11.8. The van der Waals surface area contributed by atoms with Gasteiger partial charge in [0.15, 0.2) is 0 Å². The Labute approximate surface area is 135 Å². The number of rotatable bonds is 3. The van der Waals surface area contributed by atoms with Gasteiger partial charge in [-0.1, -0.05) is 26.8 Å². The molecule has 3 aromatic rings. The zero-order chi connectivity index (χ0) is 16.6. The van der Waals surface area contributed by atoms with Gasteiger partial charge in [-0.25, -0.2) is 0 Å². The predicted molar refractivity (Wildman–Crippen MR) is 93.8 cm³/mol. The zero-order valence-electron chi connectivity index (χ0n) is 14.0. The summed E-state index contributed by atoms with van der Waals surface area (Å²) in [6.07, 6.45) is 3.71. The van der Waals surface area contributed by atoms with Crippen LogP contribution < -0.4 is 10.9 Å². The predicted octanol–water partition coefficient (Wildman–Crippen LogP) is 3.17. The second kappa shape index (κ2) is 5.57. The van der Waals surface area contributed by atoms with Crippen LogP contribution in [-0.4, -0.2) is 14.8 Å². The minimum absolute atomic E-state index is 0.00118. The maximum Gasteiger partial charge on any atom is 0.255 e. The first-order valence-corrected chi connectivity index (χ1v) is 7.73. The molecule has 0 saturated heterocycles. The molecule has 2 N–H and O–H groups in total. The van der Waals surface area contributed by atoms with Crippen LogP contribution in [0.2, 0.25) is 0 Å². The fourth-order valence-electron chi connectivity index (χ4n) is 2.79. The van der Waals surface area contributed by atoms with E-state index in [4.69, 9.17) is 0 Å². The number of anilines is 1. The Balaban J connectivity index is 1.87. The standard InChI is InChI=1S/C18H22N4O/c1-18(2,3)16-13(11-22(4)21-16)10-20-14-6-5-12-7-8-19-17(23)15(12)9-14/h5-9,11,20H,10H2,1-4H3,(H,19,23). The molecule has 0 aliphatic carbocycles. The van der Waals surface area contributed by atoms with Crippen LogP contribution in [0.3, 0.4) is 0 Å². The van der Waals surface area contributed by atoms with E-state index in [0.717, 1.165) is 16.8 Å². The lowest BCUT2D eigenvalue weighted by atomic mass is 9.89.